The van der Waals surface area contributed by atoms with Gasteiger partial charge in [-0.15, -0.1) is 20.4 Å². The number of rotatable bonds is 8. The first kappa shape index (κ1) is 21.5. The Balaban J connectivity index is 1.60. The summed E-state index contributed by atoms with van der Waals surface area (Å²) >= 11 is 5.86. The van der Waals surface area contributed by atoms with E-state index < -0.39 is 0 Å². The van der Waals surface area contributed by atoms with Crippen LogP contribution in [0.4, 0.5) is 10.3 Å². The largest absolute Gasteiger partial charge is 0.300 e. The number of amides is 2. The van der Waals surface area contributed by atoms with Crippen molar-refractivity contribution in [3.05, 3.63) is 10.0 Å². The molecule has 1 saturated carbocycles. The zero-order chi connectivity index (χ0) is 19.9. The molecule has 3 rings (SSSR count). The summed E-state index contributed by atoms with van der Waals surface area (Å²) in [5.41, 5.74) is 0. The van der Waals surface area contributed by atoms with Crippen molar-refractivity contribution in [1.82, 2.24) is 20.4 Å². The molecule has 0 spiro atoms. The Morgan fingerprint density at radius 3 is 1.79 bits per heavy atom. The maximum absolute atomic E-state index is 11.7. The number of thioether (sulfide) groups is 2. The third-order valence-electron chi connectivity index (χ3n) is 4.30. The minimum Gasteiger partial charge on any atom is -0.300 e. The highest BCUT2D eigenvalue weighted by molar-refractivity contribution is 7.99. The first-order chi connectivity index (χ1) is 13.6. The topological polar surface area (TPSA) is 110 Å². The van der Waals surface area contributed by atoms with Crippen molar-refractivity contribution in [1.29, 1.82) is 0 Å². The normalized spacial score (nSPS) is 19.4. The summed E-state index contributed by atoms with van der Waals surface area (Å²) in [4.78, 5) is 23.4. The van der Waals surface area contributed by atoms with Crippen LogP contribution in [0.5, 0.6) is 0 Å². The van der Waals surface area contributed by atoms with E-state index in [4.69, 9.17) is 0 Å². The van der Waals surface area contributed by atoms with E-state index in [1.54, 1.807) is 0 Å². The van der Waals surface area contributed by atoms with Gasteiger partial charge in [-0.3, -0.25) is 20.2 Å². The molecule has 152 valence electrons. The van der Waals surface area contributed by atoms with Crippen molar-refractivity contribution in [3.63, 3.8) is 0 Å². The molecule has 1 fully saturated rings. The number of aromatic nitrogens is 4. The van der Waals surface area contributed by atoms with E-state index in [1.165, 1.54) is 46.2 Å². The Labute approximate surface area is 180 Å². The Morgan fingerprint density at radius 2 is 1.36 bits per heavy atom. The van der Waals surface area contributed by atoms with Crippen LogP contribution in [0.2, 0.25) is 0 Å². The van der Waals surface area contributed by atoms with Crippen LogP contribution in [-0.4, -0.2) is 56.2 Å². The Kier molecular flexibility index (Phi) is 8.06. The third kappa shape index (κ3) is 5.88. The highest BCUT2D eigenvalue weighted by Crippen LogP contribution is 2.43. The van der Waals surface area contributed by atoms with Crippen molar-refractivity contribution in [2.45, 2.75) is 37.5 Å². The minimum absolute atomic E-state index is 0.0540. The van der Waals surface area contributed by atoms with Gasteiger partial charge in [-0.2, -0.15) is 23.5 Å². The molecule has 0 radical (unpaired) electrons. The van der Waals surface area contributed by atoms with Crippen molar-refractivity contribution < 1.29 is 9.59 Å². The molecule has 0 aromatic carbocycles. The van der Waals surface area contributed by atoms with E-state index in [1.807, 2.05) is 12.5 Å². The van der Waals surface area contributed by atoms with E-state index in [0.717, 1.165) is 35.7 Å². The summed E-state index contributed by atoms with van der Waals surface area (Å²) in [5.74, 6) is 1.32. The second-order valence-electron chi connectivity index (χ2n) is 6.41. The molecule has 8 nitrogen and oxygen atoms in total. The monoisotopic (exact) mass is 458 g/mol. The van der Waals surface area contributed by atoms with Gasteiger partial charge < -0.3 is 0 Å². The molecule has 2 aromatic rings. The van der Waals surface area contributed by atoms with Crippen molar-refractivity contribution in [2.75, 3.05) is 34.7 Å². The number of carbonyl (C=O) groups is 2. The predicted octanol–water partition coefficient (Wildman–Crippen LogP) is 3.43. The van der Waals surface area contributed by atoms with Crippen LogP contribution in [0.15, 0.2) is 0 Å². The number of nitrogens with one attached hydrogen (secondary N) is 2. The quantitative estimate of drug-likeness (QED) is 0.619. The van der Waals surface area contributed by atoms with Crippen LogP contribution < -0.4 is 10.6 Å². The number of anilines is 2. The zero-order valence-electron chi connectivity index (χ0n) is 15.6. The van der Waals surface area contributed by atoms with Crippen molar-refractivity contribution >= 4 is 68.3 Å². The summed E-state index contributed by atoms with van der Waals surface area (Å²) in [6, 6.07) is 0. The second kappa shape index (κ2) is 10.5. The maximum atomic E-state index is 11.7. The van der Waals surface area contributed by atoms with Gasteiger partial charge in [-0.05, 0) is 31.8 Å². The first-order valence-electron chi connectivity index (χ1n) is 8.83. The van der Waals surface area contributed by atoms with Gasteiger partial charge in [0.25, 0.3) is 0 Å². The van der Waals surface area contributed by atoms with Crippen LogP contribution in [0, 0.1) is 0 Å². The van der Waals surface area contributed by atoms with Crippen LogP contribution in [0.25, 0.3) is 0 Å². The molecule has 1 aliphatic carbocycles. The van der Waals surface area contributed by atoms with Crippen LogP contribution in [0.3, 0.4) is 0 Å². The molecule has 2 heterocycles. The predicted molar refractivity (Wildman–Crippen MR) is 118 cm³/mol. The summed E-state index contributed by atoms with van der Waals surface area (Å²) in [7, 11) is 0. The summed E-state index contributed by atoms with van der Waals surface area (Å²) in [6.07, 6.45) is 7.90. The third-order valence-corrected chi connectivity index (χ3v) is 7.40. The lowest BCUT2D eigenvalue weighted by Gasteiger charge is -2.25. The van der Waals surface area contributed by atoms with Gasteiger partial charge in [-0.1, -0.05) is 29.1 Å². The average Bonchev–Trinajstić information content (AvgIpc) is 3.32. The fourth-order valence-corrected chi connectivity index (χ4v) is 5.59. The van der Waals surface area contributed by atoms with Crippen molar-refractivity contribution in [3.8, 4) is 0 Å². The van der Waals surface area contributed by atoms with Crippen LogP contribution in [-0.2, 0) is 9.59 Å². The molecule has 12 heteroatoms. The maximum Gasteiger partial charge on any atom is 0.236 e. The van der Waals surface area contributed by atoms with E-state index in [2.05, 4.69) is 31.0 Å². The van der Waals surface area contributed by atoms with E-state index >= 15 is 0 Å². The smallest absolute Gasteiger partial charge is 0.236 e. The molecule has 2 atom stereocenters. The van der Waals surface area contributed by atoms with E-state index in [0.29, 0.717) is 33.6 Å². The fourth-order valence-electron chi connectivity index (χ4n) is 3.11. The Bertz CT molecular complexity index is 746. The molecule has 28 heavy (non-hydrogen) atoms. The lowest BCUT2D eigenvalue weighted by atomic mass is 9.82. The lowest BCUT2D eigenvalue weighted by molar-refractivity contribution is -0.114. The number of carbonyl (C=O) groups excluding carboxylic acids is 2. The van der Waals surface area contributed by atoms with E-state index in [9.17, 15) is 9.59 Å². The number of hydrogen-bond acceptors (Lipinski definition) is 10. The zero-order valence-corrected chi connectivity index (χ0v) is 18.9. The minimum atomic E-state index is -0.0540. The average molecular weight is 459 g/mol. The second-order valence-corrected chi connectivity index (χ2v) is 10.2. The molecule has 2 aromatic heterocycles. The van der Waals surface area contributed by atoms with E-state index in [-0.39, 0.29) is 11.8 Å². The summed E-state index contributed by atoms with van der Waals surface area (Å²) in [6.45, 7) is 0. The van der Waals surface area contributed by atoms with Gasteiger partial charge in [0.2, 0.25) is 22.1 Å². The van der Waals surface area contributed by atoms with Gasteiger partial charge >= 0.3 is 0 Å². The molecule has 0 saturated heterocycles. The fraction of sp³-hybridized carbons (Fsp3) is 0.625. The van der Waals surface area contributed by atoms with Gasteiger partial charge in [-0.25, -0.2) is 0 Å². The van der Waals surface area contributed by atoms with Crippen molar-refractivity contribution in [2.24, 2.45) is 0 Å². The Morgan fingerprint density at radius 1 is 0.893 bits per heavy atom. The van der Waals surface area contributed by atoms with Crippen LogP contribution >= 0.6 is 46.2 Å². The molecule has 2 amide bonds. The van der Waals surface area contributed by atoms with Gasteiger partial charge in [0.15, 0.2) is 0 Å². The summed E-state index contributed by atoms with van der Waals surface area (Å²) in [5, 5.41) is 25.5. The molecular formula is C16H22N6O2S4. The molecule has 0 aliphatic heterocycles. The van der Waals surface area contributed by atoms with Crippen LogP contribution in [0.1, 0.15) is 47.5 Å². The van der Waals surface area contributed by atoms with Gasteiger partial charge in [0.1, 0.15) is 10.0 Å². The Hall–Kier alpha value is -1.24. The standard InChI is InChI=1S/C16H22N6O2S4/c1-25-7-11(23)17-15-21-19-13(27-15)9-4-3-5-10(6-9)14-20-22-16(28-14)18-12(24)8-26-2/h9-10H,3-8H2,1-2H3,(H,17,21,23)(H,18,22,24)/t9-,10-/m1/s1. The highest BCUT2D eigenvalue weighted by atomic mass is 32.2. The highest BCUT2D eigenvalue weighted by Gasteiger charge is 2.29. The number of nitrogens with zero attached hydrogens (tertiary/aromatic N) is 4. The molecule has 0 bridgehead atoms. The SMILES string of the molecule is CSCC(=O)Nc1nnc([C@@H]2CCC[C@@H](c3nnc(NC(=O)CSC)s3)C2)s1. The van der Waals surface area contributed by atoms with Gasteiger partial charge in [0, 0.05) is 11.8 Å². The molecule has 2 N–H and O–H groups in total. The van der Waals surface area contributed by atoms with Gasteiger partial charge in [0.05, 0.1) is 11.5 Å². The first-order valence-corrected chi connectivity index (χ1v) is 13.3. The molecule has 0 unspecified atom stereocenters. The molecule has 1 aliphatic rings. The lowest BCUT2D eigenvalue weighted by Crippen LogP contribution is -2.13. The molecular weight excluding hydrogens is 436 g/mol. The number of hydrogen-bond donors (Lipinski definition) is 2. The summed E-state index contributed by atoms with van der Waals surface area (Å²) < 4.78 is 0.